The lowest BCUT2D eigenvalue weighted by molar-refractivity contribution is 0.756. The van der Waals surface area contributed by atoms with Gasteiger partial charge < -0.3 is 11.1 Å². The number of rotatable bonds is 2. The van der Waals surface area contributed by atoms with Crippen molar-refractivity contribution in [2.75, 3.05) is 11.1 Å². The van der Waals surface area contributed by atoms with Crippen LogP contribution in [0.1, 0.15) is 5.69 Å². The van der Waals surface area contributed by atoms with Gasteiger partial charge in [0.25, 0.3) is 0 Å². The molecule has 6 nitrogen and oxygen atoms in total. The van der Waals surface area contributed by atoms with Crippen molar-refractivity contribution in [3.05, 3.63) is 24.2 Å². The van der Waals surface area contributed by atoms with Crippen LogP contribution in [-0.4, -0.2) is 19.7 Å². The van der Waals surface area contributed by atoms with Gasteiger partial charge in [0.15, 0.2) is 0 Å². The molecular weight excluding hydrogens is 192 g/mol. The Hall–Kier alpha value is -2.11. The molecule has 0 aliphatic rings. The summed E-state index contributed by atoms with van der Waals surface area (Å²) in [5.74, 6) is 0.917. The molecule has 2 rings (SSSR count). The summed E-state index contributed by atoms with van der Waals surface area (Å²) in [6, 6.07) is 1.75. The van der Waals surface area contributed by atoms with Crippen LogP contribution in [0.5, 0.6) is 0 Å². The van der Waals surface area contributed by atoms with Gasteiger partial charge in [-0.25, -0.2) is 4.98 Å². The molecule has 0 aliphatic carbocycles. The van der Waals surface area contributed by atoms with E-state index in [1.54, 1.807) is 16.9 Å². The number of nitrogens with zero attached hydrogens (tertiary/aromatic N) is 4. The van der Waals surface area contributed by atoms with Gasteiger partial charge in [-0.3, -0.25) is 4.68 Å². The van der Waals surface area contributed by atoms with Crippen molar-refractivity contribution in [2.45, 2.75) is 6.92 Å². The first kappa shape index (κ1) is 9.45. The summed E-state index contributed by atoms with van der Waals surface area (Å²) in [6.07, 6.45) is 3.49. The number of nitrogens with two attached hydrogens (primary N) is 1. The fraction of sp³-hybridized carbons (Fsp3) is 0.222. The van der Waals surface area contributed by atoms with Gasteiger partial charge in [-0.05, 0) is 13.0 Å². The topological polar surface area (TPSA) is 81.7 Å². The molecule has 0 radical (unpaired) electrons. The Kier molecular flexibility index (Phi) is 2.24. The van der Waals surface area contributed by atoms with Crippen LogP contribution >= 0.6 is 0 Å². The summed E-state index contributed by atoms with van der Waals surface area (Å²) in [4.78, 5) is 7.85. The van der Waals surface area contributed by atoms with Crippen LogP contribution in [-0.2, 0) is 7.05 Å². The molecular formula is C9H12N6. The van der Waals surface area contributed by atoms with Crippen LogP contribution in [0.25, 0.3) is 0 Å². The third-order valence-electron chi connectivity index (χ3n) is 1.95. The molecule has 78 valence electrons. The van der Waals surface area contributed by atoms with Crippen LogP contribution in [0.15, 0.2) is 18.5 Å². The highest BCUT2D eigenvalue weighted by atomic mass is 15.3. The number of nitrogen functional groups attached to an aromatic ring is 1. The van der Waals surface area contributed by atoms with Gasteiger partial charge in [0.1, 0.15) is 5.82 Å². The second kappa shape index (κ2) is 3.56. The smallest absolute Gasteiger partial charge is 0.221 e. The zero-order valence-electron chi connectivity index (χ0n) is 8.60. The molecule has 0 unspecified atom stereocenters. The summed E-state index contributed by atoms with van der Waals surface area (Å²) < 4.78 is 1.74. The largest absolute Gasteiger partial charge is 0.368 e. The molecule has 2 aromatic rings. The second-order valence-corrected chi connectivity index (χ2v) is 3.23. The first-order valence-corrected chi connectivity index (χ1v) is 4.51. The van der Waals surface area contributed by atoms with Gasteiger partial charge in [-0.15, -0.1) is 0 Å². The van der Waals surface area contributed by atoms with E-state index in [1.807, 2.05) is 20.2 Å². The fourth-order valence-electron chi connectivity index (χ4n) is 1.30. The van der Waals surface area contributed by atoms with E-state index >= 15 is 0 Å². The maximum Gasteiger partial charge on any atom is 0.221 e. The summed E-state index contributed by atoms with van der Waals surface area (Å²) in [6.45, 7) is 1.92. The van der Waals surface area contributed by atoms with Crippen LogP contribution in [0.4, 0.5) is 17.5 Å². The highest BCUT2D eigenvalue weighted by Gasteiger charge is 2.03. The normalized spacial score (nSPS) is 10.3. The van der Waals surface area contributed by atoms with Crippen LogP contribution in [0.2, 0.25) is 0 Å². The molecule has 0 saturated heterocycles. The molecule has 0 amide bonds. The van der Waals surface area contributed by atoms with Gasteiger partial charge in [0.2, 0.25) is 5.95 Å². The van der Waals surface area contributed by atoms with Crippen molar-refractivity contribution in [2.24, 2.45) is 7.05 Å². The Morgan fingerprint density at radius 2 is 2.27 bits per heavy atom. The highest BCUT2D eigenvalue weighted by Crippen LogP contribution is 2.17. The molecule has 0 aromatic carbocycles. The first-order valence-electron chi connectivity index (χ1n) is 4.51. The number of hydrogen-bond donors (Lipinski definition) is 2. The zero-order chi connectivity index (χ0) is 10.8. The Labute approximate surface area is 87.2 Å². The Morgan fingerprint density at radius 1 is 1.47 bits per heavy atom. The molecule has 3 N–H and O–H groups in total. The van der Waals surface area contributed by atoms with E-state index in [1.165, 1.54) is 0 Å². The van der Waals surface area contributed by atoms with E-state index in [0.29, 0.717) is 5.82 Å². The van der Waals surface area contributed by atoms with E-state index in [0.717, 1.165) is 11.4 Å². The quantitative estimate of drug-likeness (QED) is 0.757. The maximum atomic E-state index is 5.47. The van der Waals surface area contributed by atoms with E-state index in [4.69, 9.17) is 5.73 Å². The number of aryl methyl sites for hydroxylation is 2. The Morgan fingerprint density at radius 3 is 2.87 bits per heavy atom. The summed E-state index contributed by atoms with van der Waals surface area (Å²) in [5, 5.41) is 7.33. The van der Waals surface area contributed by atoms with E-state index in [9.17, 15) is 0 Å². The second-order valence-electron chi connectivity index (χ2n) is 3.23. The lowest BCUT2D eigenvalue weighted by Crippen LogP contribution is -1.99. The lowest BCUT2D eigenvalue weighted by Gasteiger charge is -2.02. The molecule has 0 atom stereocenters. The molecule has 0 bridgehead atoms. The molecule has 6 heteroatoms. The minimum absolute atomic E-state index is 0.251. The minimum Gasteiger partial charge on any atom is -0.368 e. The maximum absolute atomic E-state index is 5.47. The van der Waals surface area contributed by atoms with Crippen molar-refractivity contribution < 1.29 is 0 Å². The van der Waals surface area contributed by atoms with Gasteiger partial charge in [-0.1, -0.05) is 0 Å². The SMILES string of the molecule is Cc1nn(C)cc1Nc1ccnc(N)n1. The number of anilines is 3. The molecule has 0 saturated carbocycles. The Bertz CT molecular complexity index is 475. The van der Waals surface area contributed by atoms with Crippen LogP contribution < -0.4 is 11.1 Å². The molecule has 2 aromatic heterocycles. The molecule has 0 spiro atoms. The standard InChI is InChI=1S/C9H12N6/c1-6-7(5-15(2)14-6)12-8-3-4-11-9(10)13-8/h3-5H,1-2H3,(H3,10,11,12,13). The zero-order valence-corrected chi connectivity index (χ0v) is 8.60. The van der Waals surface area contributed by atoms with E-state index in [-0.39, 0.29) is 5.95 Å². The predicted molar refractivity (Wildman–Crippen MR) is 57.7 cm³/mol. The average molecular weight is 204 g/mol. The van der Waals surface area contributed by atoms with Gasteiger partial charge in [-0.2, -0.15) is 10.1 Å². The van der Waals surface area contributed by atoms with Crippen molar-refractivity contribution >= 4 is 17.5 Å². The summed E-state index contributed by atoms with van der Waals surface area (Å²) in [7, 11) is 1.87. The third-order valence-corrected chi connectivity index (χ3v) is 1.95. The number of nitrogens with one attached hydrogen (secondary N) is 1. The monoisotopic (exact) mass is 204 g/mol. The minimum atomic E-state index is 0.251. The van der Waals surface area contributed by atoms with Crippen LogP contribution in [0.3, 0.4) is 0 Å². The average Bonchev–Trinajstić information content (AvgIpc) is 2.45. The van der Waals surface area contributed by atoms with E-state index < -0.39 is 0 Å². The predicted octanol–water partition coefficient (Wildman–Crippen LogP) is 0.844. The number of aromatic nitrogens is 4. The molecule has 0 fully saturated rings. The molecule has 2 heterocycles. The van der Waals surface area contributed by atoms with Crippen LogP contribution in [0, 0.1) is 6.92 Å². The van der Waals surface area contributed by atoms with Crippen molar-refractivity contribution in [1.29, 1.82) is 0 Å². The number of hydrogen-bond acceptors (Lipinski definition) is 5. The van der Waals surface area contributed by atoms with Crippen molar-refractivity contribution in [1.82, 2.24) is 19.7 Å². The Balaban J connectivity index is 2.25. The summed E-state index contributed by atoms with van der Waals surface area (Å²) in [5.41, 5.74) is 7.30. The summed E-state index contributed by atoms with van der Waals surface area (Å²) >= 11 is 0. The highest BCUT2D eigenvalue weighted by molar-refractivity contribution is 5.57. The fourth-order valence-corrected chi connectivity index (χ4v) is 1.30. The van der Waals surface area contributed by atoms with Crippen molar-refractivity contribution in [3.63, 3.8) is 0 Å². The first-order chi connectivity index (χ1) is 7.15. The lowest BCUT2D eigenvalue weighted by atomic mass is 10.4. The van der Waals surface area contributed by atoms with Crippen molar-refractivity contribution in [3.8, 4) is 0 Å². The third kappa shape index (κ3) is 2.04. The van der Waals surface area contributed by atoms with E-state index in [2.05, 4.69) is 20.4 Å². The van der Waals surface area contributed by atoms with Gasteiger partial charge >= 0.3 is 0 Å². The molecule has 15 heavy (non-hydrogen) atoms. The van der Waals surface area contributed by atoms with Gasteiger partial charge in [0.05, 0.1) is 11.4 Å². The van der Waals surface area contributed by atoms with Gasteiger partial charge in [0, 0.05) is 19.4 Å². The molecule has 0 aliphatic heterocycles.